The van der Waals surface area contributed by atoms with Crippen LogP contribution in [-0.2, 0) is 4.79 Å². The van der Waals surface area contributed by atoms with Crippen molar-refractivity contribution < 1.29 is 31.8 Å². The highest BCUT2D eigenvalue weighted by molar-refractivity contribution is 8.24. The van der Waals surface area contributed by atoms with Crippen LogP contribution < -0.4 is 15.0 Å². The summed E-state index contributed by atoms with van der Waals surface area (Å²) in [4.78, 5) is 15.6. The van der Waals surface area contributed by atoms with E-state index in [-0.39, 0.29) is 17.5 Å². The Bertz CT molecular complexity index is 1560. The third kappa shape index (κ3) is 6.52. The first-order valence-electron chi connectivity index (χ1n) is 14.7. The fraction of sp³-hybridized carbons (Fsp3) is 0.452. The van der Waals surface area contributed by atoms with Crippen molar-refractivity contribution in [3.05, 3.63) is 60.4 Å². The number of para-hydroxylation sites is 2. The molecular weight excluding hydrogens is 595 g/mol. The zero-order valence-electron chi connectivity index (χ0n) is 24.0. The number of hydrogen-bond donors (Lipinski definition) is 3. The Morgan fingerprint density at radius 3 is 2.41 bits per heavy atom. The van der Waals surface area contributed by atoms with Crippen LogP contribution >= 0.6 is 10.6 Å². The molecule has 3 N–H and O–H groups in total. The van der Waals surface area contributed by atoms with E-state index in [1.165, 1.54) is 22.9 Å². The van der Waals surface area contributed by atoms with Crippen molar-refractivity contribution in [3.63, 3.8) is 0 Å². The number of nitrogens with zero attached hydrogens (tertiary/aromatic N) is 4. The summed E-state index contributed by atoms with van der Waals surface area (Å²) in [6.07, 6.45) is 1.02. The Kier molecular flexibility index (Phi) is 8.02. The summed E-state index contributed by atoms with van der Waals surface area (Å²) in [6, 6.07) is 15.7. The van der Waals surface area contributed by atoms with Gasteiger partial charge in [0.05, 0.1) is 23.3 Å². The van der Waals surface area contributed by atoms with E-state index in [9.17, 15) is 32.3 Å². The molecule has 13 heteroatoms. The number of alkyl halides is 3. The van der Waals surface area contributed by atoms with Gasteiger partial charge in [-0.2, -0.15) is 21.0 Å². The number of nitriles is 1. The summed E-state index contributed by atoms with van der Waals surface area (Å²) < 4.78 is 65.5. The highest BCUT2D eigenvalue weighted by Crippen LogP contribution is 2.45. The molecule has 0 radical (unpaired) electrons. The van der Waals surface area contributed by atoms with Crippen molar-refractivity contribution in [2.45, 2.75) is 56.3 Å². The molecule has 2 aliphatic carbocycles. The number of amides is 1. The Morgan fingerprint density at radius 1 is 1.07 bits per heavy atom. The van der Waals surface area contributed by atoms with Gasteiger partial charge in [0.25, 0.3) is 0 Å². The molecule has 3 fully saturated rings. The lowest BCUT2D eigenvalue weighted by atomic mass is 9.75. The number of anilines is 1. The van der Waals surface area contributed by atoms with Crippen LogP contribution in [-0.4, -0.2) is 61.3 Å². The number of nitrogens with one attached hydrogen (secondary N) is 1. The molecule has 0 spiro atoms. The molecule has 2 atom stereocenters. The van der Waals surface area contributed by atoms with Crippen molar-refractivity contribution in [2.75, 3.05) is 29.5 Å². The summed E-state index contributed by atoms with van der Waals surface area (Å²) in [5, 5.41) is 17.3. The first-order valence-corrected chi connectivity index (χ1v) is 16.6. The number of halogens is 3. The smallest absolute Gasteiger partial charge is 0.403 e. The lowest BCUT2D eigenvalue weighted by Gasteiger charge is -2.41. The maximum atomic E-state index is 13.5. The minimum absolute atomic E-state index is 0.111. The normalized spacial score (nSPS) is 23.3. The molecule has 2 heterocycles. The number of rotatable bonds is 7. The number of aromatic nitrogens is 2. The van der Waals surface area contributed by atoms with Gasteiger partial charge in [-0.1, -0.05) is 37.1 Å². The first kappa shape index (κ1) is 30.3. The van der Waals surface area contributed by atoms with Crippen LogP contribution in [0.1, 0.15) is 50.1 Å². The van der Waals surface area contributed by atoms with Gasteiger partial charge in [-0.15, -0.1) is 13.2 Å². The maximum Gasteiger partial charge on any atom is 0.573 e. The van der Waals surface area contributed by atoms with Crippen LogP contribution in [0.25, 0.3) is 16.8 Å². The summed E-state index contributed by atoms with van der Waals surface area (Å²) in [5.41, 5.74) is 2.30. The van der Waals surface area contributed by atoms with Gasteiger partial charge in [-0.3, -0.25) is 13.9 Å². The molecule has 1 aromatic heterocycles. The topological polar surface area (TPSA) is 124 Å². The van der Waals surface area contributed by atoms with Gasteiger partial charge in [0.1, 0.15) is 11.2 Å². The van der Waals surface area contributed by atoms with E-state index in [0.717, 1.165) is 24.1 Å². The molecule has 3 aromatic rings. The van der Waals surface area contributed by atoms with Crippen molar-refractivity contribution in [3.8, 4) is 28.6 Å². The minimum atomic E-state index is -4.89. The van der Waals surface area contributed by atoms with Gasteiger partial charge in [-0.25, -0.2) is 4.68 Å². The molecule has 9 nitrogen and oxygen atoms in total. The number of carbonyl (C=O) groups excluding carboxylic acids is 1. The van der Waals surface area contributed by atoms with Gasteiger partial charge in [0.15, 0.2) is 5.75 Å². The second kappa shape index (κ2) is 11.6. The molecule has 3 aliphatic rings. The number of benzene rings is 2. The second-order valence-corrected chi connectivity index (χ2v) is 14.2. The van der Waals surface area contributed by atoms with Crippen molar-refractivity contribution >= 4 is 22.2 Å². The molecule has 1 saturated heterocycles. The average Bonchev–Trinajstić information content (AvgIpc) is 3.63. The Balaban J connectivity index is 1.38. The zero-order valence-corrected chi connectivity index (χ0v) is 24.8. The van der Waals surface area contributed by atoms with Crippen LogP contribution in [0.3, 0.4) is 0 Å². The third-order valence-corrected chi connectivity index (χ3v) is 10.5. The second-order valence-electron chi connectivity index (χ2n) is 11.8. The van der Waals surface area contributed by atoms with Crippen molar-refractivity contribution in [1.29, 1.82) is 5.26 Å². The van der Waals surface area contributed by atoms with E-state index in [1.54, 1.807) is 12.3 Å². The molecule has 0 unspecified atom stereocenters. The summed E-state index contributed by atoms with van der Waals surface area (Å²) in [7, 11) is -2.54. The highest BCUT2D eigenvalue weighted by Gasteiger charge is 2.47. The molecule has 234 valence electrons. The first-order chi connectivity index (χ1) is 21.0. The molecule has 1 amide bonds. The fourth-order valence-corrected chi connectivity index (χ4v) is 7.42. The molecule has 6 rings (SSSR count). The molecule has 44 heavy (non-hydrogen) atoms. The summed E-state index contributed by atoms with van der Waals surface area (Å²) in [5.74, 6) is -0.717. The van der Waals surface area contributed by atoms with E-state index in [0.29, 0.717) is 61.5 Å². The van der Waals surface area contributed by atoms with E-state index < -0.39 is 34.2 Å². The van der Waals surface area contributed by atoms with Crippen LogP contribution in [0.5, 0.6) is 5.75 Å². The lowest BCUT2D eigenvalue weighted by molar-refractivity contribution is -0.274. The maximum absolute atomic E-state index is 13.5. The Labute approximate surface area is 255 Å². The largest absolute Gasteiger partial charge is 0.573 e. The SMILES string of the molecule is N#CC1(NC(=O)[C@@H]2CCCC[C@H]2c2nn(-c3ccccc3OC(F)(F)F)cc2-c2ccc(N3CCS(O)(O)CC3)cc2)CC1. The van der Waals surface area contributed by atoms with E-state index in [2.05, 4.69) is 21.0 Å². The standard InChI is InChI=1S/C31H34F3N5O4S/c32-31(33,34)43-27-8-4-3-7-26(27)39-19-25(21-9-11-22(12-10-21)38-15-17-44(41,42)18-16-38)28(37-39)23-5-1-2-6-24(23)29(40)36-30(20-35)13-14-30/h3-4,7-12,19,23-24,41-42H,1-2,5-6,13-18H2,(H,36,40)/t23-,24-/m1/s1. The van der Waals surface area contributed by atoms with Crippen LogP contribution in [0, 0.1) is 17.2 Å². The summed E-state index contributed by atoms with van der Waals surface area (Å²) >= 11 is 0. The van der Waals surface area contributed by atoms with E-state index >= 15 is 0 Å². The zero-order chi connectivity index (χ0) is 31.1. The van der Waals surface area contributed by atoms with Gasteiger partial charge in [-0.05, 0) is 55.5 Å². The number of hydrogen-bond acceptors (Lipinski definition) is 7. The Hall–Kier alpha value is -3.73. The van der Waals surface area contributed by atoms with Gasteiger partial charge in [0, 0.05) is 42.4 Å². The molecule has 2 aromatic carbocycles. The van der Waals surface area contributed by atoms with Crippen LogP contribution in [0.4, 0.5) is 18.9 Å². The van der Waals surface area contributed by atoms with Crippen LogP contribution in [0.15, 0.2) is 54.7 Å². The number of ether oxygens (including phenoxy) is 1. The average molecular weight is 630 g/mol. The quantitative estimate of drug-likeness (QED) is 0.274. The fourth-order valence-electron chi connectivity index (χ4n) is 6.19. The third-order valence-electron chi connectivity index (χ3n) is 8.78. The predicted octanol–water partition coefficient (Wildman–Crippen LogP) is 6.45. The van der Waals surface area contributed by atoms with E-state index in [4.69, 9.17) is 5.10 Å². The molecule has 1 aliphatic heterocycles. The summed E-state index contributed by atoms with van der Waals surface area (Å²) in [6.45, 7) is 1.04. The van der Waals surface area contributed by atoms with Gasteiger partial charge >= 0.3 is 6.36 Å². The monoisotopic (exact) mass is 629 g/mol. The highest BCUT2D eigenvalue weighted by atomic mass is 32.3. The number of carbonyl (C=O) groups is 1. The molecular formula is C31H34F3N5O4S. The van der Waals surface area contributed by atoms with Crippen LogP contribution in [0.2, 0.25) is 0 Å². The van der Waals surface area contributed by atoms with Crippen molar-refractivity contribution in [1.82, 2.24) is 15.1 Å². The van der Waals surface area contributed by atoms with E-state index in [1.807, 2.05) is 24.3 Å². The molecule has 0 bridgehead atoms. The molecule has 2 saturated carbocycles. The minimum Gasteiger partial charge on any atom is -0.403 e. The predicted molar refractivity (Wildman–Crippen MR) is 161 cm³/mol. The van der Waals surface area contributed by atoms with Crippen molar-refractivity contribution in [2.24, 2.45) is 5.92 Å². The Morgan fingerprint density at radius 2 is 1.75 bits per heavy atom. The lowest BCUT2D eigenvalue weighted by Crippen LogP contribution is -2.42. The van der Waals surface area contributed by atoms with Gasteiger partial charge < -0.3 is 15.0 Å². The van der Waals surface area contributed by atoms with Gasteiger partial charge in [0.2, 0.25) is 5.91 Å².